The van der Waals surface area contributed by atoms with Crippen LogP contribution in [-0.4, -0.2) is 23.8 Å². The summed E-state index contributed by atoms with van der Waals surface area (Å²) in [5, 5.41) is 0. The van der Waals surface area contributed by atoms with Crippen molar-refractivity contribution in [3.05, 3.63) is 102 Å². The Bertz CT molecular complexity index is 896. The topological polar surface area (TPSA) is 40.6 Å². The van der Waals surface area contributed by atoms with Gasteiger partial charge in [-0.2, -0.15) is 0 Å². The summed E-state index contributed by atoms with van der Waals surface area (Å²) in [5.74, 6) is -0.400. The Morgan fingerprint density at radius 2 is 1.11 bits per heavy atom. The zero-order valence-electron chi connectivity index (χ0n) is 16.0. The molecule has 0 atom stereocenters. The Hall–Kier alpha value is -3.40. The van der Waals surface area contributed by atoms with Crippen LogP contribution in [0.4, 0.5) is 5.69 Å². The van der Waals surface area contributed by atoms with Gasteiger partial charge in [0.1, 0.15) is 6.42 Å². The maximum atomic E-state index is 13.0. The van der Waals surface area contributed by atoms with Crippen LogP contribution >= 0.6 is 0 Å². The summed E-state index contributed by atoms with van der Waals surface area (Å²) in [5.41, 5.74) is 2.84. The molecule has 142 valence electrons. The fourth-order valence-electron chi connectivity index (χ4n) is 3.00. The van der Waals surface area contributed by atoms with E-state index in [-0.39, 0.29) is 18.2 Å². The Balaban J connectivity index is 1.71. The molecule has 3 rings (SSSR count). The first-order valence-electron chi connectivity index (χ1n) is 9.31. The lowest BCUT2D eigenvalue weighted by Gasteiger charge is -2.24. The van der Waals surface area contributed by atoms with Crippen LogP contribution in [0.1, 0.15) is 17.5 Å². The third-order valence-electron chi connectivity index (χ3n) is 4.54. The minimum Gasteiger partial charge on any atom is -0.341 e. The van der Waals surface area contributed by atoms with Crippen LogP contribution in [0.3, 0.4) is 0 Å². The lowest BCUT2D eigenvalue weighted by Crippen LogP contribution is -2.36. The summed E-state index contributed by atoms with van der Waals surface area (Å²) in [4.78, 5) is 28.9. The molecule has 0 saturated carbocycles. The van der Waals surface area contributed by atoms with E-state index in [0.717, 1.165) is 16.8 Å². The van der Waals surface area contributed by atoms with Crippen LogP contribution in [0.25, 0.3) is 0 Å². The van der Waals surface area contributed by atoms with E-state index in [4.69, 9.17) is 0 Å². The lowest BCUT2D eigenvalue weighted by atomic mass is 10.1. The van der Waals surface area contributed by atoms with Crippen molar-refractivity contribution in [1.82, 2.24) is 4.90 Å². The van der Waals surface area contributed by atoms with E-state index >= 15 is 0 Å². The van der Waals surface area contributed by atoms with Crippen LogP contribution in [0.5, 0.6) is 0 Å². The zero-order valence-corrected chi connectivity index (χ0v) is 16.0. The molecule has 0 heterocycles. The van der Waals surface area contributed by atoms with Crippen LogP contribution in [0.2, 0.25) is 0 Å². The van der Waals surface area contributed by atoms with Crippen molar-refractivity contribution in [2.45, 2.75) is 19.5 Å². The third-order valence-corrected chi connectivity index (χ3v) is 4.54. The van der Waals surface area contributed by atoms with E-state index in [1.165, 1.54) is 0 Å². The predicted molar refractivity (Wildman–Crippen MR) is 112 cm³/mol. The highest BCUT2D eigenvalue weighted by atomic mass is 16.2. The second-order valence-electron chi connectivity index (χ2n) is 6.71. The second kappa shape index (κ2) is 9.51. The molecule has 0 radical (unpaired) electrons. The molecule has 4 heteroatoms. The van der Waals surface area contributed by atoms with Crippen molar-refractivity contribution >= 4 is 17.5 Å². The van der Waals surface area contributed by atoms with E-state index in [0.29, 0.717) is 13.1 Å². The van der Waals surface area contributed by atoms with Gasteiger partial charge in [0.25, 0.3) is 0 Å². The monoisotopic (exact) mass is 372 g/mol. The van der Waals surface area contributed by atoms with Crippen molar-refractivity contribution in [2.75, 3.05) is 11.9 Å². The molecule has 0 N–H and O–H groups in total. The molecule has 3 aromatic carbocycles. The molecule has 0 aliphatic rings. The summed E-state index contributed by atoms with van der Waals surface area (Å²) in [6.07, 6.45) is -0.162. The second-order valence-corrected chi connectivity index (χ2v) is 6.71. The minimum atomic E-state index is -0.208. The Morgan fingerprint density at radius 1 is 0.643 bits per heavy atom. The maximum absolute atomic E-state index is 13.0. The van der Waals surface area contributed by atoms with Gasteiger partial charge in [0.15, 0.2) is 0 Å². The van der Waals surface area contributed by atoms with E-state index < -0.39 is 0 Å². The molecule has 0 fully saturated rings. The Kier molecular flexibility index (Phi) is 6.58. The van der Waals surface area contributed by atoms with Gasteiger partial charge in [-0.1, -0.05) is 78.9 Å². The van der Waals surface area contributed by atoms with E-state index in [1.54, 1.807) is 16.8 Å². The largest absolute Gasteiger partial charge is 0.341 e. The van der Waals surface area contributed by atoms with Gasteiger partial charge >= 0.3 is 0 Å². The standard InChI is InChI=1S/C24H24N2O2/c1-25(18-20-11-5-2-6-12-20)23(27)17-24(28)26(22-15-9-4-10-16-22)19-21-13-7-3-8-14-21/h2-16H,17-19H2,1H3. The molecule has 0 saturated heterocycles. The van der Waals surface area contributed by atoms with Gasteiger partial charge in [0, 0.05) is 19.3 Å². The number of anilines is 1. The Morgan fingerprint density at radius 3 is 1.64 bits per heavy atom. The van der Waals surface area contributed by atoms with Crippen LogP contribution < -0.4 is 4.90 Å². The number of hydrogen-bond donors (Lipinski definition) is 0. The van der Waals surface area contributed by atoms with Crippen LogP contribution in [-0.2, 0) is 22.7 Å². The summed E-state index contributed by atoms with van der Waals surface area (Å²) in [6, 6.07) is 29.0. The molecule has 28 heavy (non-hydrogen) atoms. The highest BCUT2D eigenvalue weighted by Gasteiger charge is 2.21. The Labute approximate surface area is 166 Å². The van der Waals surface area contributed by atoms with Gasteiger partial charge in [0.2, 0.25) is 11.8 Å². The normalized spacial score (nSPS) is 10.3. The molecular formula is C24H24N2O2. The van der Waals surface area contributed by atoms with Crippen molar-refractivity contribution in [3.63, 3.8) is 0 Å². The van der Waals surface area contributed by atoms with E-state index in [2.05, 4.69) is 0 Å². The molecule has 0 spiro atoms. The number of amides is 2. The van der Waals surface area contributed by atoms with Crippen molar-refractivity contribution in [2.24, 2.45) is 0 Å². The molecule has 0 unspecified atom stereocenters. The molecule has 0 aromatic heterocycles. The van der Waals surface area contributed by atoms with Gasteiger partial charge in [-0.3, -0.25) is 9.59 Å². The highest BCUT2D eigenvalue weighted by Crippen LogP contribution is 2.18. The first-order valence-corrected chi connectivity index (χ1v) is 9.31. The van der Waals surface area contributed by atoms with Crippen molar-refractivity contribution in [3.8, 4) is 0 Å². The number of hydrogen-bond acceptors (Lipinski definition) is 2. The fourth-order valence-corrected chi connectivity index (χ4v) is 3.00. The summed E-state index contributed by atoms with van der Waals surface area (Å²) >= 11 is 0. The summed E-state index contributed by atoms with van der Waals surface area (Å²) in [7, 11) is 1.73. The molecule has 3 aromatic rings. The first kappa shape index (κ1) is 19.4. The fraction of sp³-hybridized carbons (Fsp3) is 0.167. The number of carbonyl (C=O) groups excluding carboxylic acids is 2. The highest BCUT2D eigenvalue weighted by molar-refractivity contribution is 6.04. The van der Waals surface area contributed by atoms with Gasteiger partial charge in [-0.15, -0.1) is 0 Å². The number of carbonyl (C=O) groups is 2. The molecule has 0 aliphatic heterocycles. The smallest absolute Gasteiger partial charge is 0.236 e. The number of nitrogens with zero attached hydrogens (tertiary/aromatic N) is 2. The number of benzene rings is 3. The van der Waals surface area contributed by atoms with Crippen LogP contribution in [0, 0.1) is 0 Å². The van der Waals surface area contributed by atoms with E-state index in [9.17, 15) is 9.59 Å². The molecular weight excluding hydrogens is 348 g/mol. The molecule has 2 amide bonds. The van der Waals surface area contributed by atoms with Gasteiger partial charge in [-0.25, -0.2) is 0 Å². The lowest BCUT2D eigenvalue weighted by molar-refractivity contribution is -0.134. The quantitative estimate of drug-likeness (QED) is 0.581. The summed E-state index contributed by atoms with van der Waals surface area (Å²) < 4.78 is 0. The average Bonchev–Trinajstić information content (AvgIpc) is 2.74. The van der Waals surface area contributed by atoms with Crippen LogP contribution in [0.15, 0.2) is 91.0 Å². The van der Waals surface area contributed by atoms with Crippen molar-refractivity contribution < 1.29 is 9.59 Å². The SMILES string of the molecule is CN(Cc1ccccc1)C(=O)CC(=O)N(Cc1ccccc1)c1ccccc1. The van der Waals surface area contributed by atoms with Gasteiger partial charge in [0.05, 0.1) is 6.54 Å². The zero-order chi connectivity index (χ0) is 19.8. The molecule has 4 nitrogen and oxygen atoms in total. The van der Waals surface area contributed by atoms with E-state index in [1.807, 2.05) is 91.0 Å². The third kappa shape index (κ3) is 5.30. The minimum absolute atomic E-state index is 0.162. The summed E-state index contributed by atoms with van der Waals surface area (Å²) in [6.45, 7) is 0.913. The van der Waals surface area contributed by atoms with Gasteiger partial charge in [-0.05, 0) is 23.3 Å². The molecule has 0 aliphatic carbocycles. The number of para-hydroxylation sites is 1. The number of rotatable bonds is 7. The molecule has 0 bridgehead atoms. The average molecular weight is 372 g/mol. The maximum Gasteiger partial charge on any atom is 0.236 e. The first-order chi connectivity index (χ1) is 13.6. The van der Waals surface area contributed by atoms with Gasteiger partial charge < -0.3 is 9.80 Å². The predicted octanol–water partition coefficient (Wildman–Crippen LogP) is 4.27. The van der Waals surface area contributed by atoms with Crippen molar-refractivity contribution in [1.29, 1.82) is 0 Å².